The molecule has 0 N–H and O–H groups in total. The molecular formula is C19H19ClO4. The summed E-state index contributed by atoms with van der Waals surface area (Å²) in [6.45, 7) is 0. The molecule has 4 nitrogen and oxygen atoms in total. The fourth-order valence-electron chi connectivity index (χ4n) is 3.27. The first kappa shape index (κ1) is 16.7. The molecule has 2 aromatic rings. The molecule has 0 spiro atoms. The quantitative estimate of drug-likeness (QED) is 0.773. The second kappa shape index (κ2) is 6.73. The molecule has 2 aromatic carbocycles. The Hall–Kier alpha value is -2.20. The van der Waals surface area contributed by atoms with Crippen LogP contribution < -0.4 is 14.2 Å². The van der Waals surface area contributed by atoms with Crippen molar-refractivity contribution < 1.29 is 19.0 Å². The average molecular weight is 347 g/mol. The van der Waals surface area contributed by atoms with Gasteiger partial charge in [0, 0.05) is 23.6 Å². The first-order valence-electron chi connectivity index (χ1n) is 7.65. The van der Waals surface area contributed by atoms with Crippen LogP contribution in [0.25, 0.3) is 0 Å². The van der Waals surface area contributed by atoms with Gasteiger partial charge >= 0.3 is 0 Å². The Bertz CT molecular complexity index is 719. The van der Waals surface area contributed by atoms with E-state index in [1.54, 1.807) is 33.5 Å². The molecule has 0 unspecified atom stereocenters. The highest BCUT2D eigenvalue weighted by Gasteiger charge is 2.52. The van der Waals surface area contributed by atoms with E-state index < -0.39 is 11.3 Å². The lowest BCUT2D eigenvalue weighted by atomic mass is 9.65. The molecule has 5 heteroatoms. The Kier molecular flexibility index (Phi) is 4.67. The van der Waals surface area contributed by atoms with Gasteiger partial charge < -0.3 is 14.2 Å². The van der Waals surface area contributed by atoms with Crippen LogP contribution in [-0.4, -0.2) is 32.5 Å². The maximum absolute atomic E-state index is 12.6. The largest absolute Gasteiger partial charge is 0.496 e. The first-order valence-corrected chi connectivity index (χ1v) is 8.08. The van der Waals surface area contributed by atoms with Crippen LogP contribution in [0, 0.1) is 0 Å². The van der Waals surface area contributed by atoms with Crippen LogP contribution in [0.3, 0.4) is 0 Å². The Morgan fingerprint density at radius 3 is 2.00 bits per heavy atom. The molecule has 1 saturated carbocycles. The third-order valence-electron chi connectivity index (χ3n) is 4.50. The summed E-state index contributed by atoms with van der Waals surface area (Å²) in [5, 5.41) is -0.547. The summed E-state index contributed by atoms with van der Waals surface area (Å²) in [7, 11) is 4.71. The second-order valence-corrected chi connectivity index (χ2v) is 6.13. The van der Waals surface area contributed by atoms with E-state index in [-0.39, 0.29) is 11.7 Å². The topological polar surface area (TPSA) is 44.8 Å². The van der Waals surface area contributed by atoms with Crippen molar-refractivity contribution in [1.29, 1.82) is 0 Å². The second-order valence-electron chi connectivity index (χ2n) is 5.66. The molecule has 1 aliphatic carbocycles. The SMILES string of the molecule is COc1cc(OC)c([C@H]2C(=O)[C@@H](Cl)[C@@H]2c2ccccc2)c(OC)c1. The maximum Gasteiger partial charge on any atom is 0.159 e. The smallest absolute Gasteiger partial charge is 0.159 e. The minimum absolute atomic E-state index is 0.0210. The molecule has 126 valence electrons. The van der Waals surface area contributed by atoms with Crippen LogP contribution in [-0.2, 0) is 4.79 Å². The number of carbonyl (C=O) groups excluding carboxylic acids is 1. The summed E-state index contributed by atoms with van der Waals surface area (Å²) in [6, 6.07) is 13.3. The van der Waals surface area contributed by atoms with Crippen molar-refractivity contribution in [2.75, 3.05) is 21.3 Å². The lowest BCUT2D eigenvalue weighted by Gasteiger charge is -2.41. The molecule has 3 rings (SSSR count). The van der Waals surface area contributed by atoms with Crippen molar-refractivity contribution in [3.05, 3.63) is 53.6 Å². The number of ketones is 1. The Balaban J connectivity index is 2.11. The number of halogens is 1. The number of hydrogen-bond donors (Lipinski definition) is 0. The van der Waals surface area contributed by atoms with Gasteiger partial charge in [0.25, 0.3) is 0 Å². The van der Waals surface area contributed by atoms with Crippen LogP contribution in [0.2, 0.25) is 0 Å². The van der Waals surface area contributed by atoms with Gasteiger partial charge in [-0.3, -0.25) is 4.79 Å². The van der Waals surface area contributed by atoms with Gasteiger partial charge in [-0.05, 0) is 5.56 Å². The summed E-state index contributed by atoms with van der Waals surface area (Å²) in [5.74, 6) is 1.20. The van der Waals surface area contributed by atoms with Gasteiger partial charge in [0.2, 0.25) is 0 Å². The highest BCUT2D eigenvalue weighted by molar-refractivity contribution is 6.36. The van der Waals surface area contributed by atoms with Crippen LogP contribution in [0.1, 0.15) is 23.0 Å². The van der Waals surface area contributed by atoms with Crippen molar-refractivity contribution in [3.8, 4) is 17.2 Å². The van der Waals surface area contributed by atoms with Gasteiger partial charge in [-0.15, -0.1) is 11.6 Å². The third kappa shape index (κ3) is 2.61. The molecule has 1 fully saturated rings. The molecule has 0 saturated heterocycles. The van der Waals surface area contributed by atoms with E-state index in [0.717, 1.165) is 11.1 Å². The lowest BCUT2D eigenvalue weighted by molar-refractivity contribution is -0.126. The molecule has 0 aromatic heterocycles. The molecule has 0 aliphatic heterocycles. The maximum atomic E-state index is 12.6. The van der Waals surface area contributed by atoms with E-state index in [2.05, 4.69) is 0 Å². The van der Waals surface area contributed by atoms with Gasteiger partial charge in [-0.2, -0.15) is 0 Å². The number of ether oxygens (including phenoxy) is 3. The number of hydrogen-bond acceptors (Lipinski definition) is 4. The number of carbonyl (C=O) groups is 1. The molecule has 0 amide bonds. The van der Waals surface area contributed by atoms with Crippen molar-refractivity contribution in [1.82, 2.24) is 0 Å². The monoisotopic (exact) mass is 346 g/mol. The molecule has 1 aliphatic rings. The Morgan fingerprint density at radius 2 is 1.50 bits per heavy atom. The van der Waals surface area contributed by atoms with Crippen LogP contribution in [0.15, 0.2) is 42.5 Å². The Labute approximate surface area is 146 Å². The predicted molar refractivity (Wildman–Crippen MR) is 92.7 cm³/mol. The first-order chi connectivity index (χ1) is 11.6. The van der Waals surface area contributed by atoms with Crippen molar-refractivity contribution >= 4 is 17.4 Å². The summed E-state index contributed by atoms with van der Waals surface area (Å²) >= 11 is 6.34. The van der Waals surface area contributed by atoms with E-state index >= 15 is 0 Å². The predicted octanol–water partition coefficient (Wildman–Crippen LogP) is 3.77. The summed E-state index contributed by atoms with van der Waals surface area (Å²) in [4.78, 5) is 12.6. The molecule has 0 radical (unpaired) electrons. The van der Waals surface area contributed by atoms with E-state index in [4.69, 9.17) is 25.8 Å². The normalized spacial score (nSPS) is 22.7. The third-order valence-corrected chi connectivity index (χ3v) is 4.99. The zero-order valence-corrected chi connectivity index (χ0v) is 14.5. The average Bonchev–Trinajstić information content (AvgIpc) is 2.64. The van der Waals surface area contributed by atoms with E-state index in [1.165, 1.54) is 0 Å². The molecule has 24 heavy (non-hydrogen) atoms. The fraction of sp³-hybridized carbons (Fsp3) is 0.316. The Morgan fingerprint density at radius 1 is 0.917 bits per heavy atom. The van der Waals surface area contributed by atoms with E-state index in [1.807, 2.05) is 30.3 Å². The molecular weight excluding hydrogens is 328 g/mol. The molecule has 0 bridgehead atoms. The van der Waals surface area contributed by atoms with Crippen LogP contribution in [0.5, 0.6) is 17.2 Å². The highest BCUT2D eigenvalue weighted by atomic mass is 35.5. The summed E-state index contributed by atoms with van der Waals surface area (Å²) < 4.78 is 16.3. The standard InChI is InChI=1S/C19H19ClO4/c1-22-12-9-13(23-2)16(14(10-12)24-3)17-15(18(20)19(17)21)11-7-5-4-6-8-11/h4-10,15,17-18H,1-3H3/t15-,17+,18+/m1/s1. The zero-order chi connectivity index (χ0) is 17.3. The van der Waals surface area contributed by atoms with Gasteiger partial charge in [-0.25, -0.2) is 0 Å². The minimum atomic E-state index is -0.547. The molecule has 0 heterocycles. The van der Waals surface area contributed by atoms with Crippen molar-refractivity contribution in [3.63, 3.8) is 0 Å². The molecule has 3 atom stereocenters. The summed E-state index contributed by atoms with van der Waals surface area (Å²) in [5.41, 5.74) is 1.75. The van der Waals surface area contributed by atoms with Gasteiger partial charge in [0.05, 0.1) is 27.2 Å². The van der Waals surface area contributed by atoms with Crippen molar-refractivity contribution in [2.24, 2.45) is 0 Å². The van der Waals surface area contributed by atoms with Gasteiger partial charge in [0.15, 0.2) is 5.78 Å². The lowest BCUT2D eigenvalue weighted by Crippen LogP contribution is -2.45. The highest BCUT2D eigenvalue weighted by Crippen LogP contribution is 2.54. The number of methoxy groups -OCH3 is 3. The van der Waals surface area contributed by atoms with Crippen LogP contribution >= 0.6 is 11.6 Å². The van der Waals surface area contributed by atoms with E-state index in [9.17, 15) is 4.79 Å². The number of rotatable bonds is 5. The fourth-order valence-corrected chi connectivity index (χ4v) is 3.70. The zero-order valence-electron chi connectivity index (χ0n) is 13.8. The number of alkyl halides is 1. The number of benzene rings is 2. The van der Waals surface area contributed by atoms with Gasteiger partial charge in [0.1, 0.15) is 22.6 Å². The van der Waals surface area contributed by atoms with Crippen molar-refractivity contribution in [2.45, 2.75) is 17.2 Å². The summed E-state index contributed by atoms with van der Waals surface area (Å²) in [6.07, 6.45) is 0. The minimum Gasteiger partial charge on any atom is -0.496 e. The van der Waals surface area contributed by atoms with Gasteiger partial charge in [-0.1, -0.05) is 30.3 Å². The van der Waals surface area contributed by atoms with E-state index in [0.29, 0.717) is 17.2 Å². The van der Waals surface area contributed by atoms with Crippen LogP contribution in [0.4, 0.5) is 0 Å². The number of Topliss-reactive ketones (excluding diaryl/α,β-unsaturated/α-hetero) is 1.